The molecule has 1 rings (SSSR count). The third-order valence-electron chi connectivity index (χ3n) is 4.56. The molecule has 2 heteroatoms. The van der Waals surface area contributed by atoms with E-state index >= 15 is 0 Å². The average molecular weight is 306 g/mol. The van der Waals surface area contributed by atoms with Crippen LogP contribution in [0.3, 0.4) is 0 Å². The summed E-state index contributed by atoms with van der Waals surface area (Å²) >= 11 is 0. The van der Waals surface area contributed by atoms with Gasteiger partial charge in [-0.15, -0.1) is 0 Å². The zero-order valence-electron chi connectivity index (χ0n) is 14.4. The summed E-state index contributed by atoms with van der Waals surface area (Å²) in [6.45, 7) is 2.26. The van der Waals surface area contributed by atoms with E-state index in [1.54, 1.807) is 6.08 Å². The molecule has 126 valence electrons. The molecule has 0 saturated carbocycles. The van der Waals surface area contributed by atoms with Crippen molar-refractivity contribution in [2.75, 3.05) is 0 Å². The number of carbonyl (C=O) groups excluding carboxylic acids is 1. The Bertz CT molecular complexity index is 355. The second-order valence-electron chi connectivity index (χ2n) is 6.59. The van der Waals surface area contributed by atoms with E-state index in [1.165, 1.54) is 76.7 Å². The maximum Gasteiger partial charge on any atom is 0.203 e. The first-order valence-corrected chi connectivity index (χ1v) is 9.37. The van der Waals surface area contributed by atoms with Crippen molar-refractivity contribution < 1.29 is 9.90 Å². The Kier molecular flexibility index (Phi) is 10.8. The molecule has 0 spiro atoms. The Labute approximate surface area is 136 Å². The normalized spacial score (nSPS) is 17.8. The highest BCUT2D eigenvalue weighted by atomic mass is 16.3. The first-order valence-electron chi connectivity index (χ1n) is 9.37. The van der Waals surface area contributed by atoms with Gasteiger partial charge in [0, 0.05) is 5.92 Å². The number of allylic oxidation sites excluding steroid dienone is 4. The number of aliphatic hydroxyl groups is 1. The molecule has 0 heterocycles. The van der Waals surface area contributed by atoms with E-state index in [0.29, 0.717) is 0 Å². The molecule has 0 fully saturated rings. The Hall–Kier alpha value is -1.05. The average Bonchev–Trinajstić information content (AvgIpc) is 2.52. The highest BCUT2D eigenvalue weighted by Crippen LogP contribution is 2.20. The second kappa shape index (κ2) is 12.5. The van der Waals surface area contributed by atoms with E-state index in [0.717, 1.165) is 12.8 Å². The van der Waals surface area contributed by atoms with Gasteiger partial charge in [-0.25, -0.2) is 0 Å². The lowest BCUT2D eigenvalue weighted by atomic mass is 9.92. The molecule has 0 radical (unpaired) electrons. The molecule has 1 N–H and O–H groups in total. The van der Waals surface area contributed by atoms with Crippen molar-refractivity contribution in [2.45, 2.75) is 90.4 Å². The van der Waals surface area contributed by atoms with Gasteiger partial charge < -0.3 is 5.11 Å². The van der Waals surface area contributed by atoms with Crippen molar-refractivity contribution in [1.82, 2.24) is 0 Å². The summed E-state index contributed by atoms with van der Waals surface area (Å²) in [5, 5.41) is 9.40. The van der Waals surface area contributed by atoms with E-state index in [2.05, 4.69) is 6.92 Å². The summed E-state index contributed by atoms with van der Waals surface area (Å²) < 4.78 is 0. The van der Waals surface area contributed by atoms with Gasteiger partial charge in [0.05, 0.1) is 0 Å². The highest BCUT2D eigenvalue weighted by Gasteiger charge is 2.20. The maximum atomic E-state index is 11.7. The summed E-state index contributed by atoms with van der Waals surface area (Å²) in [4.78, 5) is 11.7. The lowest BCUT2D eigenvalue weighted by Crippen LogP contribution is -2.16. The molecule has 0 aromatic carbocycles. The fourth-order valence-electron chi connectivity index (χ4n) is 3.07. The smallest absolute Gasteiger partial charge is 0.203 e. The van der Waals surface area contributed by atoms with Gasteiger partial charge >= 0.3 is 0 Å². The molecule has 1 atom stereocenters. The van der Waals surface area contributed by atoms with Crippen LogP contribution in [0.25, 0.3) is 0 Å². The number of hydrogen-bond acceptors (Lipinski definition) is 2. The topological polar surface area (TPSA) is 37.3 Å². The van der Waals surface area contributed by atoms with E-state index in [1.807, 2.05) is 6.08 Å². The van der Waals surface area contributed by atoms with Crippen molar-refractivity contribution in [3.8, 4) is 0 Å². The van der Waals surface area contributed by atoms with Crippen LogP contribution in [-0.2, 0) is 4.79 Å². The molecule has 0 amide bonds. The monoisotopic (exact) mass is 306 g/mol. The van der Waals surface area contributed by atoms with E-state index < -0.39 is 0 Å². The largest absolute Gasteiger partial charge is 0.504 e. The lowest BCUT2D eigenvalue weighted by molar-refractivity contribution is -0.120. The number of carbonyl (C=O) groups is 1. The van der Waals surface area contributed by atoms with Crippen LogP contribution < -0.4 is 0 Å². The van der Waals surface area contributed by atoms with Crippen LogP contribution in [0.15, 0.2) is 24.0 Å². The minimum Gasteiger partial charge on any atom is -0.504 e. The van der Waals surface area contributed by atoms with Crippen LogP contribution in [0, 0.1) is 5.92 Å². The number of rotatable bonds is 13. The molecular weight excluding hydrogens is 272 g/mol. The Morgan fingerprint density at radius 3 is 1.91 bits per heavy atom. The van der Waals surface area contributed by atoms with Gasteiger partial charge in [-0.2, -0.15) is 0 Å². The number of Topliss-reactive ketones (excluding diaryl/α,β-unsaturated/α-hetero) is 1. The molecular formula is C20H34O2. The molecule has 2 nitrogen and oxygen atoms in total. The van der Waals surface area contributed by atoms with Crippen LogP contribution in [0.4, 0.5) is 0 Å². The molecule has 0 aromatic rings. The third-order valence-corrected chi connectivity index (χ3v) is 4.56. The van der Waals surface area contributed by atoms with Gasteiger partial charge in [0.15, 0.2) is 5.76 Å². The van der Waals surface area contributed by atoms with Crippen LogP contribution in [-0.4, -0.2) is 10.9 Å². The molecule has 0 aromatic heterocycles. The summed E-state index contributed by atoms with van der Waals surface area (Å²) in [7, 11) is 0. The lowest BCUT2D eigenvalue weighted by Gasteiger charge is -2.13. The quantitative estimate of drug-likeness (QED) is 0.407. The van der Waals surface area contributed by atoms with Gasteiger partial charge in [-0.05, 0) is 12.5 Å². The summed E-state index contributed by atoms with van der Waals surface area (Å²) in [6.07, 6.45) is 22.1. The fraction of sp³-hybridized carbons (Fsp3) is 0.750. The van der Waals surface area contributed by atoms with Gasteiger partial charge in [-0.1, -0.05) is 96.1 Å². The first kappa shape index (κ1) is 19.0. The summed E-state index contributed by atoms with van der Waals surface area (Å²) in [5.41, 5.74) is 0. The van der Waals surface area contributed by atoms with Gasteiger partial charge in [0.25, 0.3) is 0 Å². The highest BCUT2D eigenvalue weighted by molar-refractivity contribution is 5.97. The number of unbranched alkanes of at least 4 members (excludes halogenated alkanes) is 11. The SMILES string of the molecule is CCCCCCCCCCCCCCC1C=CC=C(O)C1=O. The molecule has 22 heavy (non-hydrogen) atoms. The Morgan fingerprint density at radius 1 is 0.864 bits per heavy atom. The predicted octanol–water partition coefficient (Wildman–Crippen LogP) is 6.27. The van der Waals surface area contributed by atoms with Gasteiger partial charge in [0.1, 0.15) is 0 Å². The predicted molar refractivity (Wildman–Crippen MR) is 94.0 cm³/mol. The van der Waals surface area contributed by atoms with Crippen LogP contribution in [0.2, 0.25) is 0 Å². The van der Waals surface area contributed by atoms with Crippen molar-refractivity contribution in [2.24, 2.45) is 5.92 Å². The number of aliphatic hydroxyl groups excluding tert-OH is 1. The number of ketones is 1. The van der Waals surface area contributed by atoms with Crippen LogP contribution in [0.5, 0.6) is 0 Å². The van der Waals surface area contributed by atoms with Crippen molar-refractivity contribution in [1.29, 1.82) is 0 Å². The van der Waals surface area contributed by atoms with Crippen LogP contribution in [0.1, 0.15) is 90.4 Å². The fourth-order valence-corrected chi connectivity index (χ4v) is 3.07. The van der Waals surface area contributed by atoms with E-state index in [4.69, 9.17) is 0 Å². The van der Waals surface area contributed by atoms with Crippen molar-refractivity contribution in [3.63, 3.8) is 0 Å². The van der Waals surface area contributed by atoms with Gasteiger partial charge in [0.2, 0.25) is 5.78 Å². The van der Waals surface area contributed by atoms with E-state index in [-0.39, 0.29) is 17.5 Å². The van der Waals surface area contributed by atoms with Crippen molar-refractivity contribution >= 4 is 5.78 Å². The maximum absolute atomic E-state index is 11.7. The molecule has 1 unspecified atom stereocenters. The molecule has 0 aliphatic heterocycles. The summed E-state index contributed by atoms with van der Waals surface area (Å²) in [6, 6.07) is 0. The second-order valence-corrected chi connectivity index (χ2v) is 6.59. The standard InChI is InChI=1S/C20H34O2/c1-2-3-4-5-6-7-8-9-10-11-12-13-15-18-16-14-17-19(21)20(18)22/h14,16-18,21H,2-13,15H2,1H3. The van der Waals surface area contributed by atoms with E-state index in [9.17, 15) is 9.90 Å². The van der Waals surface area contributed by atoms with Crippen molar-refractivity contribution in [3.05, 3.63) is 24.0 Å². The molecule has 0 bridgehead atoms. The molecule has 1 aliphatic rings. The number of hydrogen-bond donors (Lipinski definition) is 1. The summed E-state index contributed by atoms with van der Waals surface area (Å²) in [5.74, 6) is -0.273. The Balaban J connectivity index is 1.85. The molecule has 0 saturated heterocycles. The molecule has 1 aliphatic carbocycles. The Morgan fingerprint density at radius 2 is 1.36 bits per heavy atom. The zero-order valence-corrected chi connectivity index (χ0v) is 14.4. The zero-order chi connectivity index (χ0) is 16.0. The van der Waals surface area contributed by atoms with Gasteiger partial charge in [-0.3, -0.25) is 4.79 Å². The minimum absolute atomic E-state index is 0.0774. The minimum atomic E-state index is -0.106. The van der Waals surface area contributed by atoms with Crippen LogP contribution >= 0.6 is 0 Å². The first-order chi connectivity index (χ1) is 10.8. The third kappa shape index (κ3) is 8.41.